The molecule has 0 spiro atoms. The summed E-state index contributed by atoms with van der Waals surface area (Å²) in [6.45, 7) is 0. The summed E-state index contributed by atoms with van der Waals surface area (Å²) >= 11 is 5.78. The summed E-state index contributed by atoms with van der Waals surface area (Å²) < 4.78 is 25.9. The van der Waals surface area contributed by atoms with E-state index in [2.05, 4.69) is 0 Å². The second kappa shape index (κ2) is 4.48. The Morgan fingerprint density at radius 1 is 1.41 bits per heavy atom. The number of nitrogens with zero attached hydrogens (tertiary/aromatic N) is 1. The number of nitrogen functional groups attached to an aromatic ring is 1. The van der Waals surface area contributed by atoms with Crippen LogP contribution in [0.2, 0.25) is 5.02 Å². The van der Waals surface area contributed by atoms with Crippen LogP contribution < -0.4 is 5.73 Å². The molecule has 1 aromatic carbocycles. The van der Waals surface area contributed by atoms with Gasteiger partial charge in [-0.25, -0.2) is 8.42 Å². The van der Waals surface area contributed by atoms with Crippen molar-refractivity contribution in [3.63, 3.8) is 0 Å². The van der Waals surface area contributed by atoms with E-state index < -0.39 is 10.0 Å². The van der Waals surface area contributed by atoms with Crippen LogP contribution in [0, 0.1) is 0 Å². The largest absolute Gasteiger partial charge is 0.397 e. The Kier molecular flexibility index (Phi) is 3.34. The fourth-order valence-electron chi connectivity index (χ4n) is 1.80. The quantitative estimate of drug-likeness (QED) is 0.859. The zero-order valence-corrected chi connectivity index (χ0v) is 11.1. The third-order valence-corrected chi connectivity index (χ3v) is 5.48. The third-order valence-electron chi connectivity index (χ3n) is 3.23. The number of benzene rings is 1. The smallest absolute Gasteiger partial charge is 0.243 e. The number of nitrogens with two attached hydrogens (primary N) is 1. The normalized spacial score (nSPS) is 17.1. The maximum Gasteiger partial charge on any atom is 0.243 e. The fraction of sp³-hybridized carbons (Fsp3) is 0.455. The zero-order valence-electron chi connectivity index (χ0n) is 9.56. The zero-order chi connectivity index (χ0) is 12.6. The van der Waals surface area contributed by atoms with Crippen LogP contribution in [0.1, 0.15) is 19.3 Å². The average molecular weight is 275 g/mol. The van der Waals surface area contributed by atoms with E-state index in [1.165, 1.54) is 22.5 Å². The van der Waals surface area contributed by atoms with Gasteiger partial charge >= 0.3 is 0 Å². The van der Waals surface area contributed by atoms with Crippen LogP contribution in [0.4, 0.5) is 5.69 Å². The van der Waals surface area contributed by atoms with Gasteiger partial charge in [-0.05, 0) is 31.0 Å². The lowest BCUT2D eigenvalue weighted by Crippen LogP contribution is -2.41. The number of rotatable bonds is 3. The molecule has 0 saturated heterocycles. The molecule has 0 amide bonds. The molecule has 0 heterocycles. The summed E-state index contributed by atoms with van der Waals surface area (Å²) in [4.78, 5) is 0.203. The first-order chi connectivity index (χ1) is 7.93. The second-order valence-electron chi connectivity index (χ2n) is 4.29. The lowest BCUT2D eigenvalue weighted by atomic mass is 9.94. The highest BCUT2D eigenvalue weighted by molar-refractivity contribution is 7.89. The van der Waals surface area contributed by atoms with E-state index in [0.717, 1.165) is 19.3 Å². The van der Waals surface area contributed by atoms with E-state index in [4.69, 9.17) is 17.3 Å². The molecule has 1 aromatic rings. The maximum absolute atomic E-state index is 12.3. The summed E-state index contributed by atoms with van der Waals surface area (Å²) in [7, 11) is -1.83. The number of sulfonamides is 1. The van der Waals surface area contributed by atoms with Crippen molar-refractivity contribution in [3.8, 4) is 0 Å². The molecule has 6 heteroatoms. The fourth-order valence-corrected chi connectivity index (χ4v) is 3.36. The Morgan fingerprint density at radius 3 is 2.53 bits per heavy atom. The van der Waals surface area contributed by atoms with Crippen LogP contribution in [0.5, 0.6) is 0 Å². The van der Waals surface area contributed by atoms with Crippen molar-refractivity contribution in [1.82, 2.24) is 4.31 Å². The van der Waals surface area contributed by atoms with Crippen LogP contribution >= 0.6 is 11.6 Å². The number of anilines is 1. The van der Waals surface area contributed by atoms with Gasteiger partial charge in [0.1, 0.15) is 0 Å². The van der Waals surface area contributed by atoms with Gasteiger partial charge in [0.15, 0.2) is 0 Å². The van der Waals surface area contributed by atoms with E-state index in [1.807, 2.05) is 0 Å². The summed E-state index contributed by atoms with van der Waals surface area (Å²) in [6.07, 6.45) is 2.95. The molecule has 1 aliphatic carbocycles. The Bertz CT molecular complexity index is 526. The van der Waals surface area contributed by atoms with Gasteiger partial charge in [0, 0.05) is 13.1 Å². The van der Waals surface area contributed by atoms with Crippen LogP contribution in [0.25, 0.3) is 0 Å². The maximum atomic E-state index is 12.3. The molecule has 1 saturated carbocycles. The van der Waals surface area contributed by atoms with Crippen molar-refractivity contribution >= 4 is 27.3 Å². The van der Waals surface area contributed by atoms with E-state index in [9.17, 15) is 8.42 Å². The first kappa shape index (κ1) is 12.7. The molecule has 4 nitrogen and oxygen atoms in total. The average Bonchev–Trinajstić information content (AvgIpc) is 2.19. The molecule has 2 N–H and O–H groups in total. The molecular weight excluding hydrogens is 260 g/mol. The first-order valence-corrected chi connectivity index (χ1v) is 7.28. The summed E-state index contributed by atoms with van der Waals surface area (Å²) in [5.74, 6) is 0. The van der Waals surface area contributed by atoms with Crippen molar-refractivity contribution in [3.05, 3.63) is 23.2 Å². The molecule has 0 aliphatic heterocycles. The molecule has 0 bridgehead atoms. The van der Waals surface area contributed by atoms with E-state index in [1.54, 1.807) is 7.05 Å². The van der Waals surface area contributed by atoms with Crippen molar-refractivity contribution in [2.24, 2.45) is 0 Å². The minimum atomic E-state index is -3.44. The Morgan fingerprint density at radius 2 is 2.06 bits per heavy atom. The Hall–Kier alpha value is -0.780. The topological polar surface area (TPSA) is 63.4 Å². The van der Waals surface area contributed by atoms with Gasteiger partial charge in [-0.3, -0.25) is 0 Å². The van der Waals surface area contributed by atoms with E-state index in [0.29, 0.717) is 5.02 Å². The molecule has 0 unspecified atom stereocenters. The van der Waals surface area contributed by atoms with Gasteiger partial charge in [-0.2, -0.15) is 4.31 Å². The standard InChI is InChI=1S/C11H15ClN2O2S/c1-14(8-3-2-4-8)17(15,16)9-5-6-10(12)11(13)7-9/h5-8H,2-4,13H2,1H3. The van der Waals surface area contributed by atoms with Gasteiger partial charge in [0.05, 0.1) is 15.6 Å². The predicted octanol–water partition coefficient (Wildman–Crippen LogP) is 2.10. The highest BCUT2D eigenvalue weighted by atomic mass is 35.5. The minimum Gasteiger partial charge on any atom is -0.397 e. The Balaban J connectivity index is 2.33. The Labute approximate surface area is 106 Å². The van der Waals surface area contributed by atoms with Crippen molar-refractivity contribution in [2.45, 2.75) is 30.2 Å². The molecule has 17 heavy (non-hydrogen) atoms. The highest BCUT2D eigenvalue weighted by Crippen LogP contribution is 2.30. The third kappa shape index (κ3) is 2.27. The summed E-state index contributed by atoms with van der Waals surface area (Å²) in [6, 6.07) is 4.53. The lowest BCUT2D eigenvalue weighted by molar-refractivity contribution is 0.249. The van der Waals surface area contributed by atoms with E-state index in [-0.39, 0.29) is 16.6 Å². The van der Waals surface area contributed by atoms with Crippen molar-refractivity contribution in [2.75, 3.05) is 12.8 Å². The minimum absolute atomic E-state index is 0.122. The van der Waals surface area contributed by atoms with Crippen molar-refractivity contribution < 1.29 is 8.42 Å². The molecule has 0 aromatic heterocycles. The van der Waals surface area contributed by atoms with Gasteiger partial charge in [-0.1, -0.05) is 18.0 Å². The summed E-state index contributed by atoms with van der Waals surface area (Å²) in [5, 5.41) is 0.371. The number of hydrogen-bond acceptors (Lipinski definition) is 3. The first-order valence-electron chi connectivity index (χ1n) is 5.46. The molecule has 0 radical (unpaired) electrons. The van der Waals surface area contributed by atoms with Gasteiger partial charge in [0.2, 0.25) is 10.0 Å². The van der Waals surface area contributed by atoms with Crippen LogP contribution in [-0.4, -0.2) is 25.8 Å². The molecule has 0 atom stereocenters. The lowest BCUT2D eigenvalue weighted by Gasteiger charge is -2.33. The van der Waals surface area contributed by atoms with E-state index >= 15 is 0 Å². The predicted molar refractivity (Wildman–Crippen MR) is 68.5 cm³/mol. The van der Waals surface area contributed by atoms with Gasteiger partial charge in [0.25, 0.3) is 0 Å². The molecular formula is C11H15ClN2O2S. The molecule has 1 aliphatic rings. The highest BCUT2D eigenvalue weighted by Gasteiger charge is 2.31. The van der Waals surface area contributed by atoms with Crippen LogP contribution in [-0.2, 0) is 10.0 Å². The van der Waals surface area contributed by atoms with Gasteiger partial charge in [-0.15, -0.1) is 0 Å². The second-order valence-corrected chi connectivity index (χ2v) is 6.69. The van der Waals surface area contributed by atoms with Crippen LogP contribution in [0.15, 0.2) is 23.1 Å². The van der Waals surface area contributed by atoms with Crippen LogP contribution in [0.3, 0.4) is 0 Å². The molecule has 2 rings (SSSR count). The van der Waals surface area contributed by atoms with Gasteiger partial charge < -0.3 is 5.73 Å². The monoisotopic (exact) mass is 274 g/mol. The molecule has 1 fully saturated rings. The summed E-state index contributed by atoms with van der Waals surface area (Å²) in [5.41, 5.74) is 5.91. The van der Waals surface area contributed by atoms with Crippen molar-refractivity contribution in [1.29, 1.82) is 0 Å². The SMILES string of the molecule is CN(C1CCC1)S(=O)(=O)c1ccc(Cl)c(N)c1. The number of halogens is 1. The molecule has 94 valence electrons. The number of hydrogen-bond donors (Lipinski definition) is 1.